The number of piperidine rings is 1. The van der Waals surface area contributed by atoms with Crippen LogP contribution in [-0.2, 0) is 14.8 Å². The Morgan fingerprint density at radius 2 is 1.75 bits per heavy atom. The largest absolute Gasteiger partial charge is 0.494 e. The molecule has 226 valence electrons. The highest BCUT2D eigenvalue weighted by molar-refractivity contribution is 7.89. The predicted octanol–water partition coefficient (Wildman–Crippen LogP) is 6.15. The maximum absolute atomic E-state index is 13.7. The van der Waals surface area contributed by atoms with Crippen molar-refractivity contribution in [1.29, 1.82) is 5.26 Å². The van der Waals surface area contributed by atoms with E-state index in [1.807, 2.05) is 43.3 Å². The van der Waals surface area contributed by atoms with Crippen LogP contribution in [0.15, 0.2) is 95.5 Å². The van der Waals surface area contributed by atoms with E-state index in [2.05, 4.69) is 19.2 Å². The molecule has 10 heteroatoms. The highest BCUT2D eigenvalue weighted by Crippen LogP contribution is 2.31. The second kappa shape index (κ2) is 13.3. The Bertz CT molecular complexity index is 1800. The zero-order valence-corrected chi connectivity index (χ0v) is 25.8. The number of amides is 1. The monoisotopic (exact) mass is 609 g/mol. The number of benzene rings is 3. The number of nitrogens with zero attached hydrogens (tertiary/aromatic N) is 4. The Morgan fingerprint density at radius 1 is 1.05 bits per heavy atom. The highest BCUT2D eigenvalue weighted by Gasteiger charge is 2.32. The highest BCUT2D eigenvalue weighted by atomic mass is 32.2. The van der Waals surface area contributed by atoms with Gasteiger partial charge in [-0.3, -0.25) is 4.79 Å². The van der Waals surface area contributed by atoms with E-state index < -0.39 is 15.9 Å². The fourth-order valence-electron chi connectivity index (χ4n) is 5.49. The molecule has 3 aromatic carbocycles. The second-order valence-corrected chi connectivity index (χ2v) is 13.0. The fraction of sp³-hybridized carbons (Fsp3) is 0.265. The van der Waals surface area contributed by atoms with E-state index in [1.165, 1.54) is 6.08 Å². The Hall–Kier alpha value is -4.72. The van der Waals surface area contributed by atoms with Gasteiger partial charge in [0.25, 0.3) is 5.91 Å². The number of para-hydroxylation sites is 1. The zero-order chi connectivity index (χ0) is 31.3. The minimum atomic E-state index is -3.74. The summed E-state index contributed by atoms with van der Waals surface area (Å²) in [6.07, 6.45) is 4.19. The first kappa shape index (κ1) is 30.7. The number of hydrogen-bond donors (Lipinski definition) is 1. The average Bonchev–Trinajstić information content (AvgIpc) is 3.45. The van der Waals surface area contributed by atoms with Crippen molar-refractivity contribution < 1.29 is 17.9 Å². The lowest BCUT2D eigenvalue weighted by Gasteiger charge is -2.34. The molecule has 2 unspecified atom stereocenters. The summed E-state index contributed by atoms with van der Waals surface area (Å²) >= 11 is 0. The number of carbonyl (C=O) groups excluding carboxylic acids is 1. The second-order valence-electron chi connectivity index (χ2n) is 11.1. The summed E-state index contributed by atoms with van der Waals surface area (Å²) in [5.41, 5.74) is 2.63. The van der Waals surface area contributed by atoms with Gasteiger partial charge in [-0.05, 0) is 79.8 Å². The van der Waals surface area contributed by atoms with Gasteiger partial charge in [-0.2, -0.15) is 14.7 Å². The summed E-state index contributed by atoms with van der Waals surface area (Å²) in [5, 5.41) is 17.5. The van der Waals surface area contributed by atoms with E-state index in [0.717, 1.165) is 12.1 Å². The van der Waals surface area contributed by atoms with Gasteiger partial charge in [0.2, 0.25) is 10.0 Å². The SMILES string of the molecule is CCOc1ccc(NC(=O)C(C#N)=Cc2cn(-c3ccccc3)nc2-c2cccc(S(=O)(=O)N3CC(C)CC(C)C3)c2)cc1. The van der Waals surface area contributed by atoms with E-state index in [-0.39, 0.29) is 22.3 Å². The van der Waals surface area contributed by atoms with Gasteiger partial charge in [-0.15, -0.1) is 0 Å². The van der Waals surface area contributed by atoms with Gasteiger partial charge in [0, 0.05) is 36.1 Å². The van der Waals surface area contributed by atoms with Crippen LogP contribution in [0.5, 0.6) is 5.75 Å². The molecule has 44 heavy (non-hydrogen) atoms. The summed E-state index contributed by atoms with van der Waals surface area (Å²) in [5.74, 6) is 0.633. The number of nitriles is 1. The first-order valence-electron chi connectivity index (χ1n) is 14.6. The van der Waals surface area contributed by atoms with E-state index in [0.29, 0.717) is 48.0 Å². The molecule has 1 aliphatic rings. The van der Waals surface area contributed by atoms with Crippen LogP contribution in [0.1, 0.15) is 32.8 Å². The first-order valence-corrected chi connectivity index (χ1v) is 16.0. The minimum Gasteiger partial charge on any atom is -0.494 e. The Morgan fingerprint density at radius 3 is 2.41 bits per heavy atom. The summed E-state index contributed by atoms with van der Waals surface area (Å²) in [6.45, 7) is 7.51. The third-order valence-corrected chi connectivity index (χ3v) is 9.26. The van der Waals surface area contributed by atoms with Gasteiger partial charge >= 0.3 is 0 Å². The Labute approximate surface area is 258 Å². The van der Waals surface area contributed by atoms with Crippen LogP contribution in [0.2, 0.25) is 0 Å². The Kier molecular flexibility index (Phi) is 9.28. The molecule has 1 amide bonds. The van der Waals surface area contributed by atoms with Gasteiger partial charge in [0.05, 0.1) is 17.2 Å². The summed E-state index contributed by atoms with van der Waals surface area (Å²) in [6, 6.07) is 25.0. The standard InChI is InChI=1S/C34H35N5O4S/c1-4-43-31-15-13-29(14-16-31)36-34(40)27(20-35)18-28-23-39(30-10-6-5-7-11-30)37-33(28)26-9-8-12-32(19-26)44(41,42)38-21-24(2)17-25(3)22-38/h5-16,18-19,23-25H,4,17,21-22H2,1-3H3,(H,36,40). The molecule has 1 N–H and O–H groups in total. The molecule has 0 saturated carbocycles. The normalized spacial score (nSPS) is 17.5. The summed E-state index contributed by atoms with van der Waals surface area (Å²) in [4.78, 5) is 13.3. The molecule has 5 rings (SSSR count). The van der Waals surface area contributed by atoms with Crippen molar-refractivity contribution in [2.24, 2.45) is 11.8 Å². The molecule has 4 aromatic rings. The molecule has 1 fully saturated rings. The molecule has 0 bridgehead atoms. The number of ether oxygens (including phenoxy) is 1. The van der Waals surface area contributed by atoms with Gasteiger partial charge in [-0.1, -0.05) is 44.2 Å². The minimum absolute atomic E-state index is 0.132. The van der Waals surface area contributed by atoms with Crippen molar-refractivity contribution in [3.8, 4) is 28.8 Å². The van der Waals surface area contributed by atoms with Crippen LogP contribution in [0.3, 0.4) is 0 Å². The molecular weight excluding hydrogens is 574 g/mol. The van der Waals surface area contributed by atoms with Crippen LogP contribution in [-0.4, -0.2) is 48.1 Å². The fourth-order valence-corrected chi connectivity index (χ4v) is 7.21. The van der Waals surface area contributed by atoms with Gasteiger partial charge in [-0.25, -0.2) is 13.1 Å². The third kappa shape index (κ3) is 6.91. The van der Waals surface area contributed by atoms with Crippen LogP contribution in [0.4, 0.5) is 5.69 Å². The van der Waals surface area contributed by atoms with Crippen molar-refractivity contribution in [3.05, 3.63) is 96.2 Å². The predicted molar refractivity (Wildman–Crippen MR) is 171 cm³/mol. The molecular formula is C34H35N5O4S. The molecule has 0 radical (unpaired) electrons. The van der Waals surface area contributed by atoms with Crippen molar-refractivity contribution >= 4 is 27.7 Å². The lowest BCUT2D eigenvalue weighted by molar-refractivity contribution is -0.112. The van der Waals surface area contributed by atoms with E-state index >= 15 is 0 Å². The van der Waals surface area contributed by atoms with Crippen molar-refractivity contribution in [3.63, 3.8) is 0 Å². The molecule has 2 atom stereocenters. The number of hydrogen-bond acceptors (Lipinski definition) is 6. The molecule has 1 aliphatic heterocycles. The van der Waals surface area contributed by atoms with Crippen molar-refractivity contribution in [2.45, 2.75) is 32.1 Å². The number of sulfonamides is 1. The van der Waals surface area contributed by atoms with Crippen LogP contribution in [0, 0.1) is 23.2 Å². The first-order chi connectivity index (χ1) is 21.2. The topological polar surface area (TPSA) is 117 Å². The Balaban J connectivity index is 1.52. The molecule has 1 aromatic heterocycles. The van der Waals surface area contributed by atoms with Crippen LogP contribution < -0.4 is 10.1 Å². The molecule has 0 aliphatic carbocycles. The number of nitrogens with one attached hydrogen (secondary N) is 1. The van der Waals surface area contributed by atoms with Gasteiger partial charge < -0.3 is 10.1 Å². The maximum atomic E-state index is 13.7. The number of anilines is 1. The lowest BCUT2D eigenvalue weighted by Crippen LogP contribution is -2.42. The lowest BCUT2D eigenvalue weighted by atomic mass is 9.94. The van der Waals surface area contributed by atoms with Crippen molar-refractivity contribution in [2.75, 3.05) is 25.0 Å². The molecule has 1 saturated heterocycles. The van der Waals surface area contributed by atoms with E-state index in [9.17, 15) is 18.5 Å². The van der Waals surface area contributed by atoms with Gasteiger partial charge in [0.15, 0.2) is 0 Å². The summed E-state index contributed by atoms with van der Waals surface area (Å²) in [7, 11) is -3.74. The average molecular weight is 610 g/mol. The zero-order valence-electron chi connectivity index (χ0n) is 25.0. The van der Waals surface area contributed by atoms with E-state index in [1.54, 1.807) is 63.7 Å². The number of carbonyl (C=O) groups is 1. The molecule has 2 heterocycles. The quantitative estimate of drug-likeness (QED) is 0.180. The number of aromatic nitrogens is 2. The maximum Gasteiger partial charge on any atom is 0.266 e. The van der Waals surface area contributed by atoms with Crippen LogP contribution in [0.25, 0.3) is 23.0 Å². The third-order valence-electron chi connectivity index (χ3n) is 7.43. The molecule has 9 nitrogen and oxygen atoms in total. The smallest absolute Gasteiger partial charge is 0.266 e. The van der Waals surface area contributed by atoms with Crippen LogP contribution >= 0.6 is 0 Å². The van der Waals surface area contributed by atoms with Gasteiger partial charge in [0.1, 0.15) is 23.1 Å². The molecule has 0 spiro atoms. The van der Waals surface area contributed by atoms with E-state index in [4.69, 9.17) is 9.84 Å². The number of rotatable bonds is 9. The van der Waals surface area contributed by atoms with Crippen molar-refractivity contribution in [1.82, 2.24) is 14.1 Å². The summed E-state index contributed by atoms with van der Waals surface area (Å²) < 4.78 is 36.1.